The van der Waals surface area contributed by atoms with Gasteiger partial charge in [-0.2, -0.15) is 0 Å². The molecule has 0 aliphatic carbocycles. The minimum atomic E-state index is -1.14. The summed E-state index contributed by atoms with van der Waals surface area (Å²) in [5.41, 5.74) is 16.5. The van der Waals surface area contributed by atoms with Crippen LogP contribution in [0.5, 0.6) is 0 Å². The molecule has 0 bridgehead atoms. The van der Waals surface area contributed by atoms with Crippen LogP contribution in [0.15, 0.2) is 4.99 Å². The molecule has 2 unspecified atom stereocenters. The average Bonchev–Trinajstić information content (AvgIpc) is 2.54. The van der Waals surface area contributed by atoms with Gasteiger partial charge in [0.15, 0.2) is 0 Å². The third-order valence-corrected chi connectivity index (χ3v) is 3.93. The lowest BCUT2D eigenvalue weighted by Gasteiger charge is -2.12. The highest BCUT2D eigenvalue weighted by molar-refractivity contribution is 5.82. The number of unbranched alkanes of at least 4 members (excludes halogenated alkanes) is 1. The van der Waals surface area contributed by atoms with E-state index in [9.17, 15) is 14.7 Å². The van der Waals surface area contributed by atoms with Crippen molar-refractivity contribution in [1.29, 1.82) is 0 Å². The molecular formula is C20H43N4O3-. The quantitative estimate of drug-likeness (QED) is 0.263. The number of carboxylic acids is 1. The number of carboxylic acid groups (broad SMARTS) is 1. The van der Waals surface area contributed by atoms with Crippen LogP contribution in [0.25, 0.3) is 0 Å². The van der Waals surface area contributed by atoms with Gasteiger partial charge < -0.3 is 27.1 Å². The maximum Gasteiger partial charge on any atom is 0.146 e. The van der Waals surface area contributed by atoms with E-state index in [1.54, 1.807) is 0 Å². The first-order valence-electron chi connectivity index (χ1n) is 9.51. The van der Waals surface area contributed by atoms with Gasteiger partial charge in [0, 0.05) is 18.5 Å². The average molecular weight is 388 g/mol. The molecule has 7 nitrogen and oxygen atoms in total. The first-order chi connectivity index (χ1) is 12.0. The molecule has 0 radical (unpaired) electrons. The summed E-state index contributed by atoms with van der Waals surface area (Å²) in [6.07, 6.45) is 5.11. The van der Waals surface area contributed by atoms with Crippen LogP contribution in [0, 0.1) is 11.8 Å². The highest BCUT2D eigenvalue weighted by Gasteiger charge is 2.06. The molecule has 0 aromatic rings. The molecule has 0 heterocycles. The van der Waals surface area contributed by atoms with Gasteiger partial charge in [0.1, 0.15) is 5.78 Å². The van der Waals surface area contributed by atoms with Crippen LogP contribution in [-0.4, -0.2) is 36.2 Å². The summed E-state index contributed by atoms with van der Waals surface area (Å²) in [7, 11) is 0. The van der Waals surface area contributed by atoms with Crippen LogP contribution in [0.3, 0.4) is 0 Å². The van der Waals surface area contributed by atoms with Gasteiger partial charge in [-0.25, -0.2) is 0 Å². The molecule has 0 fully saturated rings. The maximum atomic E-state index is 10.8. The van der Waals surface area contributed by atoms with Crippen molar-refractivity contribution >= 4 is 17.6 Å². The van der Waals surface area contributed by atoms with E-state index in [1.165, 1.54) is 6.92 Å². The summed E-state index contributed by atoms with van der Waals surface area (Å²) in [4.78, 5) is 25.2. The number of rotatable bonds is 12. The van der Waals surface area contributed by atoms with Crippen LogP contribution < -0.4 is 22.3 Å². The summed E-state index contributed by atoms with van der Waals surface area (Å²) in [5, 5.41) is 10.2. The van der Waals surface area contributed by atoms with Gasteiger partial charge in [0.2, 0.25) is 0 Å². The number of nitrogens with zero attached hydrogens (tertiary/aromatic N) is 1. The number of hydrogen-bond donors (Lipinski definition) is 3. The van der Waals surface area contributed by atoms with E-state index in [-0.39, 0.29) is 25.2 Å². The third kappa shape index (κ3) is 20.7. The van der Waals surface area contributed by atoms with Crippen molar-refractivity contribution in [3.05, 3.63) is 0 Å². The van der Waals surface area contributed by atoms with Crippen molar-refractivity contribution in [2.45, 2.75) is 92.7 Å². The van der Waals surface area contributed by atoms with Gasteiger partial charge in [-0.3, -0.25) is 9.79 Å². The highest BCUT2D eigenvalue weighted by atomic mass is 16.4. The Morgan fingerprint density at radius 3 is 1.81 bits per heavy atom. The van der Waals surface area contributed by atoms with E-state index in [0.29, 0.717) is 31.1 Å². The molecule has 7 heteroatoms. The standard InChI is InChI=1S/C10H21N3O.C9H19NO2.CH4/c1-7(2)10(12)13-6-4-5-9(11)8(3)14;1-7(2)5-3-4-6-8(10)9(11)12;/h7,9H,4-6,11H2,1-3H3,(H2,12,13);7-8H,3-6,10H2,1-2H3,(H,11,12);1H4/p-1. The topological polar surface area (TPSA) is 148 Å². The summed E-state index contributed by atoms with van der Waals surface area (Å²) < 4.78 is 0. The lowest BCUT2D eigenvalue weighted by Crippen LogP contribution is -2.41. The summed E-state index contributed by atoms with van der Waals surface area (Å²) in [6, 6.07) is -1.12. The minimum Gasteiger partial charge on any atom is -0.548 e. The third-order valence-electron chi connectivity index (χ3n) is 3.93. The van der Waals surface area contributed by atoms with Gasteiger partial charge >= 0.3 is 0 Å². The monoisotopic (exact) mass is 387 g/mol. The fourth-order valence-electron chi connectivity index (χ4n) is 1.94. The second kappa shape index (κ2) is 17.9. The molecule has 0 saturated carbocycles. The van der Waals surface area contributed by atoms with Crippen LogP contribution in [-0.2, 0) is 9.59 Å². The molecule has 0 aromatic carbocycles. The zero-order valence-electron chi connectivity index (χ0n) is 17.2. The van der Waals surface area contributed by atoms with Gasteiger partial charge in [0.25, 0.3) is 0 Å². The Labute approximate surface area is 166 Å². The normalized spacial score (nSPS) is 13.4. The first kappa shape index (κ1) is 30.3. The van der Waals surface area contributed by atoms with E-state index in [2.05, 4.69) is 18.8 Å². The second-order valence-electron chi connectivity index (χ2n) is 7.42. The number of aliphatic carboxylic acids is 1. The summed E-state index contributed by atoms with van der Waals surface area (Å²) in [6.45, 7) is 10.5. The molecule has 0 spiro atoms. The van der Waals surface area contributed by atoms with E-state index < -0.39 is 12.0 Å². The smallest absolute Gasteiger partial charge is 0.146 e. The molecular weight excluding hydrogens is 344 g/mol. The molecule has 0 saturated heterocycles. The molecule has 0 rings (SSSR count). The van der Waals surface area contributed by atoms with E-state index in [0.717, 1.165) is 25.7 Å². The molecule has 162 valence electrons. The SMILES string of the molecule is C.CC(=O)C(N)CCCN=C(N)C(C)C.CC(C)CCCCC(N)C(=O)[O-]. The van der Waals surface area contributed by atoms with Crippen molar-refractivity contribution in [3.63, 3.8) is 0 Å². The van der Waals surface area contributed by atoms with E-state index >= 15 is 0 Å². The van der Waals surface area contributed by atoms with Gasteiger partial charge in [0.05, 0.1) is 17.8 Å². The Hall–Kier alpha value is -1.47. The largest absolute Gasteiger partial charge is 0.548 e. The van der Waals surface area contributed by atoms with E-state index in [1.807, 2.05) is 13.8 Å². The highest BCUT2D eigenvalue weighted by Crippen LogP contribution is 2.08. The molecule has 0 aliphatic rings. The van der Waals surface area contributed by atoms with Crippen LogP contribution in [0.1, 0.15) is 80.6 Å². The molecule has 6 N–H and O–H groups in total. The number of carbonyl (C=O) groups is 2. The Balaban J connectivity index is -0.000000416. The Bertz CT molecular complexity index is 423. The molecule has 27 heavy (non-hydrogen) atoms. The van der Waals surface area contributed by atoms with Crippen molar-refractivity contribution in [2.24, 2.45) is 34.0 Å². The predicted octanol–water partition coefficient (Wildman–Crippen LogP) is 1.61. The fraction of sp³-hybridized carbons (Fsp3) is 0.850. The number of carbonyl (C=O) groups excluding carboxylic acids is 2. The van der Waals surface area contributed by atoms with Crippen molar-refractivity contribution in [1.82, 2.24) is 0 Å². The van der Waals surface area contributed by atoms with Crippen LogP contribution in [0.4, 0.5) is 0 Å². The number of Topliss-reactive ketones (excluding diaryl/α,β-unsaturated/α-hetero) is 1. The Morgan fingerprint density at radius 2 is 1.41 bits per heavy atom. The van der Waals surface area contributed by atoms with Crippen molar-refractivity contribution < 1.29 is 14.7 Å². The lowest BCUT2D eigenvalue weighted by atomic mass is 10.0. The number of aliphatic imine (C=N–C) groups is 1. The zero-order chi connectivity index (χ0) is 20.7. The summed E-state index contributed by atoms with van der Waals surface area (Å²) in [5.74, 6) is 0.535. The predicted molar refractivity (Wildman–Crippen MR) is 112 cm³/mol. The molecule has 0 aliphatic heterocycles. The first-order valence-corrected chi connectivity index (χ1v) is 9.51. The molecule has 2 atom stereocenters. The zero-order valence-corrected chi connectivity index (χ0v) is 17.2. The number of hydrogen-bond acceptors (Lipinski definition) is 6. The summed E-state index contributed by atoms with van der Waals surface area (Å²) >= 11 is 0. The number of amidine groups is 1. The van der Waals surface area contributed by atoms with Gasteiger partial charge in [-0.05, 0) is 32.1 Å². The lowest BCUT2D eigenvalue weighted by molar-refractivity contribution is -0.307. The Kier molecular flexibility index (Phi) is 20.1. The number of ketones is 1. The fourth-order valence-corrected chi connectivity index (χ4v) is 1.94. The Morgan fingerprint density at radius 1 is 0.926 bits per heavy atom. The van der Waals surface area contributed by atoms with Gasteiger partial charge in [-0.1, -0.05) is 54.4 Å². The minimum absolute atomic E-state index is 0. The van der Waals surface area contributed by atoms with E-state index in [4.69, 9.17) is 17.2 Å². The van der Waals surface area contributed by atoms with Crippen molar-refractivity contribution in [3.8, 4) is 0 Å². The maximum absolute atomic E-state index is 10.8. The van der Waals surface area contributed by atoms with Crippen LogP contribution >= 0.6 is 0 Å². The van der Waals surface area contributed by atoms with Crippen LogP contribution in [0.2, 0.25) is 0 Å². The van der Waals surface area contributed by atoms with Crippen molar-refractivity contribution in [2.75, 3.05) is 6.54 Å². The second-order valence-corrected chi connectivity index (χ2v) is 7.42. The number of nitrogens with two attached hydrogens (primary N) is 3. The van der Waals surface area contributed by atoms with Gasteiger partial charge in [-0.15, -0.1) is 0 Å². The molecule has 0 aromatic heterocycles. The molecule has 0 amide bonds.